The number of rotatable bonds is 4. The molecule has 1 amide bonds. The lowest BCUT2D eigenvalue weighted by Crippen LogP contribution is -2.46. The van der Waals surface area contributed by atoms with Crippen molar-refractivity contribution < 1.29 is 18.7 Å². The van der Waals surface area contributed by atoms with Crippen molar-refractivity contribution in [3.05, 3.63) is 47.7 Å². The molecule has 2 saturated heterocycles. The number of amides is 1. The molecule has 0 aliphatic carbocycles. The summed E-state index contributed by atoms with van der Waals surface area (Å²) in [5.74, 6) is -0.313. The molecule has 31 heavy (non-hydrogen) atoms. The van der Waals surface area contributed by atoms with E-state index in [1.807, 2.05) is 24.0 Å². The van der Waals surface area contributed by atoms with Crippen molar-refractivity contribution in [1.29, 1.82) is 0 Å². The molecule has 2 aliphatic rings. The summed E-state index contributed by atoms with van der Waals surface area (Å²) in [6.45, 7) is 6.79. The van der Waals surface area contributed by atoms with Gasteiger partial charge in [0, 0.05) is 36.1 Å². The fraction of sp³-hybridized carbons (Fsp3) is 0.478. The van der Waals surface area contributed by atoms with Crippen LogP contribution in [0.25, 0.3) is 0 Å². The number of carbonyl (C=O) groups is 2. The first kappa shape index (κ1) is 21.2. The molecule has 1 atom stereocenters. The lowest BCUT2D eigenvalue weighted by Gasteiger charge is -2.35. The molecule has 0 radical (unpaired) electrons. The van der Waals surface area contributed by atoms with E-state index in [0.717, 1.165) is 29.9 Å². The van der Waals surface area contributed by atoms with Gasteiger partial charge in [0.15, 0.2) is 0 Å². The van der Waals surface area contributed by atoms with Crippen LogP contribution >= 0.6 is 0 Å². The molecule has 2 aromatic rings. The van der Waals surface area contributed by atoms with Crippen LogP contribution in [-0.4, -0.2) is 45.4 Å². The van der Waals surface area contributed by atoms with Crippen LogP contribution < -0.4 is 5.32 Å². The van der Waals surface area contributed by atoms with Crippen molar-refractivity contribution in [2.24, 2.45) is 5.92 Å². The second kappa shape index (κ2) is 8.24. The second-order valence-corrected chi connectivity index (χ2v) is 8.84. The second-order valence-electron chi connectivity index (χ2n) is 8.84. The molecular weight excluding hydrogens is 399 g/mol. The van der Waals surface area contributed by atoms with Crippen LogP contribution in [-0.2, 0) is 14.3 Å². The van der Waals surface area contributed by atoms with E-state index in [2.05, 4.69) is 10.3 Å². The highest BCUT2D eigenvalue weighted by molar-refractivity contribution is 5.87. The minimum Gasteiger partial charge on any atom is -0.459 e. The summed E-state index contributed by atoms with van der Waals surface area (Å²) in [5, 5.41) is 3.20. The van der Waals surface area contributed by atoms with Crippen LogP contribution in [0.4, 0.5) is 15.9 Å². The predicted octanol–water partition coefficient (Wildman–Crippen LogP) is 3.72. The van der Waals surface area contributed by atoms with Crippen LogP contribution in [0.15, 0.2) is 30.5 Å². The maximum absolute atomic E-state index is 13.1. The highest BCUT2D eigenvalue weighted by Crippen LogP contribution is 2.36. The van der Waals surface area contributed by atoms with Gasteiger partial charge in [-0.1, -0.05) is 0 Å². The first-order valence-corrected chi connectivity index (χ1v) is 10.6. The number of hydrogen-bond donors (Lipinski definition) is 1. The fourth-order valence-corrected chi connectivity index (χ4v) is 4.39. The van der Waals surface area contributed by atoms with Crippen molar-refractivity contribution in [2.75, 3.05) is 18.4 Å². The zero-order valence-electron chi connectivity index (χ0n) is 18.0. The fourth-order valence-electron chi connectivity index (χ4n) is 4.39. The number of esters is 1. The third-order valence-corrected chi connectivity index (χ3v) is 6.08. The number of hydrogen-bond acceptors (Lipinski definition) is 6. The third kappa shape index (κ3) is 4.68. The highest BCUT2D eigenvalue weighted by atomic mass is 19.1. The smallest absolute Gasteiger partial charge is 0.307 e. The number of aromatic nitrogens is 2. The van der Waals surface area contributed by atoms with Gasteiger partial charge in [0.2, 0.25) is 5.91 Å². The largest absolute Gasteiger partial charge is 0.459 e. The molecule has 4 rings (SSSR count). The van der Waals surface area contributed by atoms with Crippen LogP contribution in [0.2, 0.25) is 0 Å². The Labute approximate surface area is 181 Å². The molecular formula is C23H27FN4O3. The quantitative estimate of drug-likeness (QED) is 0.751. The topological polar surface area (TPSA) is 84.4 Å². The Morgan fingerprint density at radius 2 is 2.00 bits per heavy atom. The molecule has 2 aliphatic heterocycles. The Bertz CT molecular complexity index is 985. The minimum absolute atomic E-state index is 0.00348. The van der Waals surface area contributed by atoms with Gasteiger partial charge in [-0.15, -0.1) is 0 Å². The van der Waals surface area contributed by atoms with Gasteiger partial charge in [0.25, 0.3) is 0 Å². The van der Waals surface area contributed by atoms with Crippen molar-refractivity contribution >= 4 is 23.4 Å². The highest BCUT2D eigenvalue weighted by Gasteiger charge is 2.47. The van der Waals surface area contributed by atoms with Gasteiger partial charge in [0.05, 0.1) is 18.5 Å². The molecule has 0 unspecified atom stereocenters. The van der Waals surface area contributed by atoms with E-state index in [1.54, 1.807) is 19.9 Å². The number of aryl methyl sites for hydroxylation is 1. The number of cyclic esters (lactones) is 1. The molecule has 164 valence electrons. The zero-order valence-corrected chi connectivity index (χ0v) is 18.0. The molecule has 2 aromatic heterocycles. The molecule has 2 fully saturated rings. The Balaban J connectivity index is 1.41. The van der Waals surface area contributed by atoms with E-state index in [0.29, 0.717) is 18.9 Å². The van der Waals surface area contributed by atoms with E-state index < -0.39 is 11.5 Å². The molecule has 7 nitrogen and oxygen atoms in total. The monoisotopic (exact) mass is 426 g/mol. The van der Waals surface area contributed by atoms with Crippen molar-refractivity contribution in [2.45, 2.75) is 51.6 Å². The van der Waals surface area contributed by atoms with Crippen molar-refractivity contribution in [3.8, 4) is 0 Å². The Hall–Kier alpha value is -3.03. The van der Waals surface area contributed by atoms with E-state index >= 15 is 0 Å². The molecule has 8 heteroatoms. The summed E-state index contributed by atoms with van der Waals surface area (Å²) in [6, 6.07) is 6.87. The van der Waals surface area contributed by atoms with Crippen LogP contribution in [0.1, 0.15) is 50.4 Å². The predicted molar refractivity (Wildman–Crippen MR) is 113 cm³/mol. The first-order chi connectivity index (χ1) is 14.7. The van der Waals surface area contributed by atoms with Crippen molar-refractivity contribution in [3.63, 3.8) is 0 Å². The lowest BCUT2D eigenvalue weighted by atomic mass is 9.87. The number of carbonyl (C=O) groups excluding carboxylic acids is 2. The average Bonchev–Trinajstić information content (AvgIpc) is 3.01. The van der Waals surface area contributed by atoms with Crippen molar-refractivity contribution in [1.82, 2.24) is 14.9 Å². The van der Waals surface area contributed by atoms with E-state index in [9.17, 15) is 14.0 Å². The summed E-state index contributed by atoms with van der Waals surface area (Å²) in [5.41, 5.74) is 1.95. The number of nitrogens with one attached hydrogen (secondary N) is 1. The number of likely N-dealkylation sites (tertiary alicyclic amines) is 1. The molecule has 0 spiro atoms. The number of nitrogens with zero attached hydrogens (tertiary/aromatic N) is 3. The third-order valence-electron chi connectivity index (χ3n) is 6.08. The maximum Gasteiger partial charge on any atom is 0.307 e. The molecule has 0 saturated carbocycles. The van der Waals surface area contributed by atoms with Gasteiger partial charge in [0.1, 0.15) is 17.2 Å². The molecule has 0 bridgehead atoms. The number of anilines is 2. The molecule has 4 heterocycles. The number of piperidine rings is 1. The summed E-state index contributed by atoms with van der Waals surface area (Å²) in [4.78, 5) is 35.2. The first-order valence-electron chi connectivity index (χ1n) is 10.6. The Morgan fingerprint density at radius 3 is 2.61 bits per heavy atom. The van der Waals surface area contributed by atoms with Gasteiger partial charge >= 0.3 is 5.97 Å². The van der Waals surface area contributed by atoms with Gasteiger partial charge in [-0.25, -0.2) is 9.37 Å². The van der Waals surface area contributed by atoms with E-state index in [1.165, 1.54) is 12.3 Å². The van der Waals surface area contributed by atoms with Gasteiger partial charge in [-0.2, -0.15) is 0 Å². The zero-order chi connectivity index (χ0) is 22.2. The summed E-state index contributed by atoms with van der Waals surface area (Å²) < 4.78 is 18.4. The van der Waals surface area contributed by atoms with Gasteiger partial charge < -0.3 is 15.0 Å². The SMILES string of the molecule is Cc1cc(Nc2ccc(F)cn2)cc(C2CCN(C(=O)[C@H]3CC(=O)OC3(C)C)CC2)n1. The minimum atomic E-state index is -0.752. The van der Waals surface area contributed by atoms with Gasteiger partial charge in [-0.05, 0) is 57.9 Å². The molecule has 0 aromatic carbocycles. The maximum atomic E-state index is 13.1. The summed E-state index contributed by atoms with van der Waals surface area (Å²) in [6.07, 6.45) is 2.93. The van der Waals surface area contributed by atoms with Crippen LogP contribution in [0.5, 0.6) is 0 Å². The lowest BCUT2D eigenvalue weighted by molar-refractivity contribution is -0.149. The Morgan fingerprint density at radius 1 is 1.26 bits per heavy atom. The van der Waals surface area contributed by atoms with Gasteiger partial charge in [-0.3, -0.25) is 14.6 Å². The molecule has 1 N–H and O–H groups in total. The summed E-state index contributed by atoms with van der Waals surface area (Å²) >= 11 is 0. The number of ether oxygens (including phenoxy) is 1. The normalized spacial score (nSPS) is 21.1. The standard InChI is InChI=1S/C23H27FN4O3/c1-14-10-17(27-20-5-4-16(24)13-25-20)11-19(26-14)15-6-8-28(9-7-15)22(30)18-12-21(29)31-23(18,2)3/h4-5,10-11,13,15,18H,6-9,12H2,1-3H3,(H,25,26,27)/t18-/m1/s1. The van der Waals surface area contributed by atoms with Crippen LogP contribution in [0.3, 0.4) is 0 Å². The average molecular weight is 426 g/mol. The summed E-state index contributed by atoms with van der Waals surface area (Å²) in [7, 11) is 0. The number of halogens is 1. The number of pyridine rings is 2. The van der Waals surface area contributed by atoms with E-state index in [4.69, 9.17) is 9.72 Å². The van der Waals surface area contributed by atoms with E-state index in [-0.39, 0.29) is 30.0 Å². The Kier molecular flexibility index (Phi) is 5.64. The van der Waals surface area contributed by atoms with Crippen LogP contribution in [0, 0.1) is 18.7 Å².